The smallest absolute Gasteiger partial charge is 0.233 e. The minimum Gasteiger partial charge on any atom is -0.492 e. The Morgan fingerprint density at radius 2 is 2.23 bits per heavy atom. The Morgan fingerprint density at radius 1 is 1.38 bits per heavy atom. The summed E-state index contributed by atoms with van der Waals surface area (Å²) in [6, 6.07) is 8.09. The molecule has 1 amide bonds. The van der Waals surface area contributed by atoms with E-state index in [9.17, 15) is 4.79 Å². The lowest BCUT2D eigenvalue weighted by molar-refractivity contribution is -0.131. The van der Waals surface area contributed by atoms with Gasteiger partial charge in [-0.25, -0.2) is 0 Å². The fraction of sp³-hybridized carbons (Fsp3) is 0.500. The molecule has 0 saturated carbocycles. The third kappa shape index (κ3) is 4.88. The number of nitrogens with one attached hydrogen (secondary N) is 1. The number of nitrogens with zero attached hydrogens (tertiary/aromatic N) is 3. The Morgan fingerprint density at radius 3 is 3.04 bits per heavy atom. The molecule has 140 valence electrons. The van der Waals surface area contributed by atoms with Gasteiger partial charge in [-0.2, -0.15) is 0 Å². The molecule has 2 heterocycles. The van der Waals surface area contributed by atoms with Gasteiger partial charge in [0, 0.05) is 12.6 Å². The number of amides is 1. The molecule has 0 bridgehead atoms. The molecule has 1 atom stereocenters. The maximum atomic E-state index is 12.4. The van der Waals surface area contributed by atoms with Crippen molar-refractivity contribution < 1.29 is 9.53 Å². The molecule has 1 aromatic heterocycles. The number of ether oxygens (including phenoxy) is 1. The van der Waals surface area contributed by atoms with E-state index < -0.39 is 0 Å². The number of para-hydroxylation sites is 2. The Balaban J connectivity index is 1.56. The average Bonchev–Trinajstić information content (AvgIpc) is 3.09. The van der Waals surface area contributed by atoms with Gasteiger partial charge in [-0.15, -0.1) is 10.2 Å². The number of hydrogen-bond donors (Lipinski definition) is 1. The summed E-state index contributed by atoms with van der Waals surface area (Å²) in [5.74, 6) is 1.39. The molecular weight excluding hydrogens is 368 g/mol. The van der Waals surface area contributed by atoms with Crippen LogP contribution in [0, 0.1) is 0 Å². The van der Waals surface area contributed by atoms with Crippen molar-refractivity contribution in [2.24, 2.45) is 0 Å². The molecule has 2 aromatic rings. The maximum Gasteiger partial charge on any atom is 0.233 e. The van der Waals surface area contributed by atoms with Crippen molar-refractivity contribution in [2.75, 3.05) is 24.2 Å². The lowest BCUT2D eigenvalue weighted by atomic mass is 10.0. The molecule has 1 saturated heterocycles. The number of rotatable bonds is 7. The summed E-state index contributed by atoms with van der Waals surface area (Å²) in [7, 11) is 0. The Hall–Kier alpha value is -1.80. The fourth-order valence-corrected chi connectivity index (χ4v) is 4.61. The van der Waals surface area contributed by atoms with Gasteiger partial charge in [0.25, 0.3) is 0 Å². The summed E-state index contributed by atoms with van der Waals surface area (Å²) in [5.41, 5.74) is 0.861. The highest BCUT2D eigenvalue weighted by Crippen LogP contribution is 2.32. The van der Waals surface area contributed by atoms with E-state index in [0.29, 0.717) is 23.5 Å². The summed E-state index contributed by atoms with van der Waals surface area (Å²) in [4.78, 5) is 14.4. The van der Waals surface area contributed by atoms with Crippen molar-refractivity contribution >= 4 is 39.8 Å². The van der Waals surface area contributed by atoms with Gasteiger partial charge in [0.2, 0.25) is 11.0 Å². The number of aromatic nitrogens is 2. The van der Waals surface area contributed by atoms with Crippen LogP contribution >= 0.6 is 23.1 Å². The topological polar surface area (TPSA) is 67.3 Å². The highest BCUT2D eigenvalue weighted by Gasteiger charge is 2.23. The predicted octanol–water partition coefficient (Wildman–Crippen LogP) is 4.17. The van der Waals surface area contributed by atoms with Crippen molar-refractivity contribution in [1.29, 1.82) is 0 Å². The van der Waals surface area contributed by atoms with Crippen LogP contribution in [0.3, 0.4) is 0 Å². The highest BCUT2D eigenvalue weighted by molar-refractivity contribution is 8.01. The lowest BCUT2D eigenvalue weighted by Gasteiger charge is -2.33. The van der Waals surface area contributed by atoms with Crippen LogP contribution < -0.4 is 10.1 Å². The van der Waals surface area contributed by atoms with Gasteiger partial charge in [0.1, 0.15) is 5.75 Å². The zero-order chi connectivity index (χ0) is 18.4. The van der Waals surface area contributed by atoms with Gasteiger partial charge in [-0.3, -0.25) is 4.79 Å². The number of piperidine rings is 1. The van der Waals surface area contributed by atoms with Gasteiger partial charge >= 0.3 is 0 Å². The number of thioether (sulfide) groups is 1. The van der Waals surface area contributed by atoms with Crippen molar-refractivity contribution in [3.63, 3.8) is 0 Å². The molecule has 1 N–H and O–H groups in total. The van der Waals surface area contributed by atoms with E-state index in [4.69, 9.17) is 4.74 Å². The molecular formula is C18H24N4O2S2. The quantitative estimate of drug-likeness (QED) is 0.713. The highest BCUT2D eigenvalue weighted by atomic mass is 32.2. The van der Waals surface area contributed by atoms with Gasteiger partial charge < -0.3 is 15.0 Å². The Kier molecular flexibility index (Phi) is 6.73. The largest absolute Gasteiger partial charge is 0.492 e. The van der Waals surface area contributed by atoms with Crippen LogP contribution in [-0.4, -0.2) is 46.0 Å². The molecule has 1 fully saturated rings. The minimum absolute atomic E-state index is 0.189. The monoisotopic (exact) mass is 392 g/mol. The lowest BCUT2D eigenvalue weighted by Crippen LogP contribution is -2.42. The summed E-state index contributed by atoms with van der Waals surface area (Å²) in [5, 5.41) is 12.3. The van der Waals surface area contributed by atoms with Gasteiger partial charge in [0.05, 0.1) is 18.0 Å². The van der Waals surface area contributed by atoms with Crippen LogP contribution in [0.5, 0.6) is 5.75 Å². The van der Waals surface area contributed by atoms with Crippen LogP contribution in [0.2, 0.25) is 0 Å². The molecule has 0 unspecified atom stereocenters. The number of carbonyl (C=O) groups excluding carboxylic acids is 1. The fourth-order valence-electron chi connectivity index (χ4n) is 2.96. The van der Waals surface area contributed by atoms with E-state index >= 15 is 0 Å². The second-order valence-corrected chi connectivity index (χ2v) is 8.35. The first-order chi connectivity index (χ1) is 12.7. The van der Waals surface area contributed by atoms with Crippen LogP contribution in [0.25, 0.3) is 0 Å². The van der Waals surface area contributed by atoms with E-state index in [1.807, 2.05) is 36.1 Å². The molecule has 8 heteroatoms. The molecule has 1 aliphatic heterocycles. The molecule has 6 nitrogen and oxygen atoms in total. The first kappa shape index (κ1) is 19.0. The van der Waals surface area contributed by atoms with Crippen LogP contribution in [0.4, 0.5) is 10.8 Å². The Bertz CT molecular complexity index is 737. The molecule has 0 aliphatic carbocycles. The normalized spacial score (nSPS) is 17.2. The second-order valence-electron chi connectivity index (χ2n) is 6.15. The first-order valence-electron chi connectivity index (χ1n) is 8.92. The van der Waals surface area contributed by atoms with E-state index in [1.165, 1.54) is 29.5 Å². The standard InChI is InChI=1S/C18H24N4O2S2/c1-3-24-15-10-5-4-9-14(15)19-17-20-21-18(26-17)25-12-16(23)22-11-7-6-8-13(22)2/h4-5,9-10,13H,3,6-8,11-12H2,1-2H3,(H,19,20)/t13-/m0/s1. The maximum absolute atomic E-state index is 12.4. The van der Waals surface area contributed by atoms with E-state index in [-0.39, 0.29) is 5.91 Å². The molecule has 1 aliphatic rings. The van der Waals surface area contributed by atoms with Crippen LogP contribution in [0.1, 0.15) is 33.1 Å². The summed E-state index contributed by atoms with van der Waals surface area (Å²) >= 11 is 2.90. The predicted molar refractivity (Wildman–Crippen MR) is 107 cm³/mol. The van der Waals surface area contributed by atoms with Crippen molar-refractivity contribution in [3.05, 3.63) is 24.3 Å². The van der Waals surface area contributed by atoms with E-state index in [1.54, 1.807) is 0 Å². The van der Waals surface area contributed by atoms with Gasteiger partial charge in [-0.1, -0.05) is 35.2 Å². The van der Waals surface area contributed by atoms with Crippen LogP contribution in [-0.2, 0) is 4.79 Å². The molecule has 3 rings (SSSR count). The Labute approximate surface area is 162 Å². The third-order valence-electron chi connectivity index (χ3n) is 4.28. The molecule has 1 aromatic carbocycles. The van der Waals surface area contributed by atoms with Gasteiger partial charge in [0.15, 0.2) is 4.34 Å². The first-order valence-corrected chi connectivity index (χ1v) is 10.7. The molecule has 0 spiro atoms. The second kappa shape index (κ2) is 9.23. The van der Waals surface area contributed by atoms with E-state index in [0.717, 1.165) is 35.2 Å². The van der Waals surface area contributed by atoms with Crippen molar-refractivity contribution in [1.82, 2.24) is 15.1 Å². The van der Waals surface area contributed by atoms with Crippen LogP contribution in [0.15, 0.2) is 28.6 Å². The number of carbonyl (C=O) groups is 1. The van der Waals surface area contributed by atoms with E-state index in [2.05, 4.69) is 22.4 Å². The zero-order valence-corrected chi connectivity index (χ0v) is 16.7. The number of anilines is 2. The molecule has 0 radical (unpaired) electrons. The summed E-state index contributed by atoms with van der Waals surface area (Å²) in [6.45, 7) is 5.56. The average molecular weight is 393 g/mol. The minimum atomic E-state index is 0.189. The number of hydrogen-bond acceptors (Lipinski definition) is 7. The van der Waals surface area contributed by atoms with Crippen molar-refractivity contribution in [2.45, 2.75) is 43.5 Å². The summed E-state index contributed by atoms with van der Waals surface area (Å²) < 4.78 is 6.40. The third-order valence-corrected chi connectivity index (χ3v) is 6.23. The van der Waals surface area contributed by atoms with Crippen molar-refractivity contribution in [3.8, 4) is 5.75 Å². The van der Waals surface area contributed by atoms with Gasteiger partial charge in [-0.05, 0) is 45.2 Å². The zero-order valence-electron chi connectivity index (χ0n) is 15.1. The number of likely N-dealkylation sites (tertiary alicyclic amines) is 1. The summed E-state index contributed by atoms with van der Waals surface area (Å²) in [6.07, 6.45) is 3.42. The molecule has 26 heavy (non-hydrogen) atoms. The number of benzene rings is 1. The SMILES string of the molecule is CCOc1ccccc1Nc1nnc(SCC(=O)N2CCCC[C@@H]2C)s1.